The number of ether oxygens (including phenoxy) is 1. The lowest BCUT2D eigenvalue weighted by Gasteiger charge is -2.55. The number of likely N-dealkylation sites (N-methyl/N-ethyl adjacent to an activating group) is 1. The lowest BCUT2D eigenvalue weighted by molar-refractivity contribution is -0.192. The van der Waals surface area contributed by atoms with Gasteiger partial charge in [-0.05, 0) is 49.7 Å². The predicted molar refractivity (Wildman–Crippen MR) is 117 cm³/mol. The molecule has 188 valence electrons. The van der Waals surface area contributed by atoms with Crippen LogP contribution in [0.5, 0.6) is 0 Å². The Bertz CT molecular complexity index is 935. The first-order valence-electron chi connectivity index (χ1n) is 11.3. The number of carbonyl (C=O) groups is 3. The Labute approximate surface area is 199 Å². The van der Waals surface area contributed by atoms with E-state index in [-0.39, 0.29) is 23.5 Å². The number of aliphatic carboxylic acids is 1. The molecule has 2 saturated heterocycles. The number of hydrogen-bond acceptors (Lipinski definition) is 6. The smallest absolute Gasteiger partial charge is 0.475 e. The first-order valence-corrected chi connectivity index (χ1v) is 12.1. The van der Waals surface area contributed by atoms with Crippen molar-refractivity contribution >= 4 is 29.1 Å². The molecule has 1 saturated carbocycles. The van der Waals surface area contributed by atoms with Gasteiger partial charge in [0.15, 0.2) is 0 Å². The maximum absolute atomic E-state index is 12.8. The summed E-state index contributed by atoms with van der Waals surface area (Å²) in [5.41, 5.74) is 1.08. The van der Waals surface area contributed by atoms with Gasteiger partial charge >= 0.3 is 12.1 Å². The molecular weight excluding hydrogens is 475 g/mol. The second-order valence-corrected chi connectivity index (χ2v) is 10.5. The highest BCUT2D eigenvalue weighted by molar-refractivity contribution is 7.14. The van der Waals surface area contributed by atoms with Crippen molar-refractivity contribution in [2.45, 2.75) is 49.9 Å². The molecular formula is C22H28F3N3O5S. The van der Waals surface area contributed by atoms with Crippen LogP contribution in [0.2, 0.25) is 0 Å². The van der Waals surface area contributed by atoms with E-state index in [0.717, 1.165) is 36.7 Å². The van der Waals surface area contributed by atoms with Gasteiger partial charge in [0.2, 0.25) is 5.91 Å². The Morgan fingerprint density at radius 2 is 1.91 bits per heavy atom. The van der Waals surface area contributed by atoms with Crippen LogP contribution in [0.4, 0.5) is 13.2 Å². The molecule has 5 rings (SSSR count). The fraction of sp³-hybridized carbons (Fsp3) is 0.682. The molecule has 1 aromatic heterocycles. The number of amides is 2. The standard InChI is InChI=1S/C20H27N3O3S.C2HF3O2/c1-21-18(24)15-9-26-20(10-22(15)8-13-5-6-13)11-23(12-20)19(25)17-7-14-3-2-4-16(14)27-17;3-2(4,5)1(6)7/h7,13,15H,2-6,8-12H2,1H3,(H,21,24);(H,6,7). The van der Waals surface area contributed by atoms with E-state index in [9.17, 15) is 22.8 Å². The number of alkyl halides is 3. The molecule has 1 aromatic rings. The van der Waals surface area contributed by atoms with Gasteiger partial charge in [-0.1, -0.05) is 0 Å². The van der Waals surface area contributed by atoms with Crippen molar-refractivity contribution in [2.75, 3.05) is 39.8 Å². The first-order chi connectivity index (χ1) is 16.0. The number of nitrogens with zero attached hydrogens (tertiary/aromatic N) is 2. The Hall–Kier alpha value is -2.18. The van der Waals surface area contributed by atoms with E-state index in [0.29, 0.717) is 19.7 Å². The van der Waals surface area contributed by atoms with Crippen LogP contribution in [0.3, 0.4) is 0 Å². The minimum atomic E-state index is -5.08. The average molecular weight is 504 g/mol. The van der Waals surface area contributed by atoms with Gasteiger partial charge in [0, 0.05) is 25.0 Å². The summed E-state index contributed by atoms with van der Waals surface area (Å²) in [5, 5.41) is 9.89. The first kappa shape index (κ1) is 24.9. The van der Waals surface area contributed by atoms with Crippen LogP contribution in [0, 0.1) is 5.92 Å². The van der Waals surface area contributed by atoms with Gasteiger partial charge in [-0.3, -0.25) is 14.5 Å². The summed E-state index contributed by atoms with van der Waals surface area (Å²) in [5.74, 6) is -1.86. The molecule has 0 aromatic carbocycles. The number of rotatable bonds is 4. The summed E-state index contributed by atoms with van der Waals surface area (Å²) in [6, 6.07) is 1.90. The average Bonchev–Trinajstić information content (AvgIpc) is 3.30. The molecule has 12 heteroatoms. The summed E-state index contributed by atoms with van der Waals surface area (Å²) in [6.07, 6.45) is 0.900. The second-order valence-electron chi connectivity index (χ2n) is 9.37. The van der Waals surface area contributed by atoms with Crippen LogP contribution in [0.15, 0.2) is 6.07 Å². The number of morpholine rings is 1. The molecule has 0 bridgehead atoms. The number of hydrogen-bond donors (Lipinski definition) is 2. The monoisotopic (exact) mass is 503 g/mol. The number of carboxylic acids is 1. The van der Waals surface area contributed by atoms with E-state index in [4.69, 9.17) is 14.6 Å². The zero-order valence-electron chi connectivity index (χ0n) is 18.8. The lowest BCUT2D eigenvalue weighted by Crippen LogP contribution is -2.73. The van der Waals surface area contributed by atoms with E-state index in [1.165, 1.54) is 29.7 Å². The van der Waals surface area contributed by atoms with Crippen molar-refractivity contribution in [3.63, 3.8) is 0 Å². The molecule has 34 heavy (non-hydrogen) atoms. The van der Waals surface area contributed by atoms with Crippen molar-refractivity contribution in [3.05, 3.63) is 21.4 Å². The fourth-order valence-electron chi connectivity index (χ4n) is 4.69. The number of fused-ring (bicyclic) bond motifs is 1. The van der Waals surface area contributed by atoms with Crippen molar-refractivity contribution in [2.24, 2.45) is 5.92 Å². The van der Waals surface area contributed by atoms with Crippen molar-refractivity contribution < 1.29 is 37.4 Å². The Morgan fingerprint density at radius 1 is 1.24 bits per heavy atom. The Morgan fingerprint density at radius 3 is 2.47 bits per heavy atom. The quantitative estimate of drug-likeness (QED) is 0.652. The van der Waals surface area contributed by atoms with E-state index in [1.807, 2.05) is 4.90 Å². The highest BCUT2D eigenvalue weighted by atomic mass is 32.1. The largest absolute Gasteiger partial charge is 0.490 e. The van der Waals surface area contributed by atoms with Gasteiger partial charge in [0.25, 0.3) is 5.91 Å². The molecule has 8 nitrogen and oxygen atoms in total. The van der Waals surface area contributed by atoms with Gasteiger partial charge in [-0.25, -0.2) is 4.79 Å². The zero-order chi connectivity index (χ0) is 24.7. The van der Waals surface area contributed by atoms with Crippen LogP contribution in [-0.4, -0.2) is 90.3 Å². The fourth-order valence-corrected chi connectivity index (χ4v) is 5.92. The number of thiophene rings is 1. The summed E-state index contributed by atoms with van der Waals surface area (Å²) < 4.78 is 37.9. The normalized spacial score (nSPS) is 23.5. The zero-order valence-corrected chi connectivity index (χ0v) is 19.6. The maximum Gasteiger partial charge on any atom is 0.490 e. The highest BCUT2D eigenvalue weighted by Crippen LogP contribution is 2.37. The maximum atomic E-state index is 12.8. The predicted octanol–water partition coefficient (Wildman–Crippen LogP) is 1.92. The second kappa shape index (κ2) is 9.46. The minimum absolute atomic E-state index is 0.0332. The molecule has 3 heterocycles. The lowest BCUT2D eigenvalue weighted by atomic mass is 9.90. The van der Waals surface area contributed by atoms with Gasteiger partial charge in [0.05, 0.1) is 24.6 Å². The van der Waals surface area contributed by atoms with Gasteiger partial charge < -0.3 is 20.1 Å². The third kappa shape index (κ3) is 5.38. The van der Waals surface area contributed by atoms with E-state index >= 15 is 0 Å². The van der Waals surface area contributed by atoms with Crippen LogP contribution < -0.4 is 5.32 Å². The number of likely N-dealkylation sites (tertiary alicyclic amines) is 1. The number of aryl methyl sites for hydroxylation is 2. The van der Waals surface area contributed by atoms with Crippen LogP contribution in [0.25, 0.3) is 0 Å². The summed E-state index contributed by atoms with van der Waals surface area (Å²) >= 11 is 1.67. The van der Waals surface area contributed by atoms with E-state index in [2.05, 4.69) is 16.3 Å². The van der Waals surface area contributed by atoms with Crippen molar-refractivity contribution in [1.29, 1.82) is 0 Å². The molecule has 2 aliphatic carbocycles. The van der Waals surface area contributed by atoms with Crippen molar-refractivity contribution in [1.82, 2.24) is 15.1 Å². The van der Waals surface area contributed by atoms with Gasteiger partial charge in [-0.15, -0.1) is 11.3 Å². The van der Waals surface area contributed by atoms with Crippen molar-refractivity contribution in [3.8, 4) is 0 Å². The Kier molecular flexibility index (Phi) is 6.94. The van der Waals surface area contributed by atoms with E-state index < -0.39 is 12.1 Å². The van der Waals surface area contributed by atoms with E-state index in [1.54, 1.807) is 18.4 Å². The summed E-state index contributed by atoms with van der Waals surface area (Å²) in [4.78, 5) is 40.5. The third-order valence-electron chi connectivity index (χ3n) is 6.66. The molecule has 0 radical (unpaired) electrons. The topological polar surface area (TPSA) is 99.2 Å². The molecule has 2 aliphatic heterocycles. The molecule has 1 unspecified atom stereocenters. The summed E-state index contributed by atoms with van der Waals surface area (Å²) in [7, 11) is 1.68. The molecule has 3 fully saturated rings. The highest BCUT2D eigenvalue weighted by Gasteiger charge is 2.52. The summed E-state index contributed by atoms with van der Waals surface area (Å²) in [6.45, 7) is 3.40. The number of nitrogens with one attached hydrogen (secondary N) is 1. The van der Waals surface area contributed by atoms with Crippen LogP contribution >= 0.6 is 11.3 Å². The number of carbonyl (C=O) groups excluding carboxylic acids is 2. The molecule has 2 amide bonds. The molecule has 1 atom stereocenters. The van der Waals surface area contributed by atoms with Gasteiger partial charge in [-0.2, -0.15) is 13.2 Å². The Balaban J connectivity index is 0.000000344. The SMILES string of the molecule is CNC(=O)C1COC2(CN(C(=O)c3cc4c(s3)CCC4)C2)CN1CC1CC1.O=C(O)C(F)(F)F. The van der Waals surface area contributed by atoms with Crippen LogP contribution in [0.1, 0.15) is 39.4 Å². The molecule has 1 spiro atoms. The minimum Gasteiger partial charge on any atom is -0.475 e. The number of halogens is 3. The third-order valence-corrected chi connectivity index (χ3v) is 7.89. The van der Waals surface area contributed by atoms with Gasteiger partial charge in [0.1, 0.15) is 11.6 Å². The van der Waals surface area contributed by atoms with Crippen LogP contribution in [-0.2, 0) is 27.2 Å². The number of carboxylic acid groups (broad SMARTS) is 1. The molecule has 2 N–H and O–H groups in total. The molecule has 4 aliphatic rings.